The van der Waals surface area contributed by atoms with Crippen molar-refractivity contribution < 1.29 is 18.7 Å². The molecule has 0 unspecified atom stereocenters. The molecule has 0 saturated carbocycles. The first-order valence-electron chi connectivity index (χ1n) is 7.86. The Morgan fingerprint density at radius 1 is 1.26 bits per heavy atom. The highest BCUT2D eigenvalue weighted by Gasteiger charge is 2.27. The number of amides is 2. The van der Waals surface area contributed by atoms with Gasteiger partial charge >= 0.3 is 0 Å². The fourth-order valence-corrected chi connectivity index (χ4v) is 2.69. The minimum absolute atomic E-state index is 0.0265. The molecule has 0 N–H and O–H groups in total. The van der Waals surface area contributed by atoms with Crippen LogP contribution in [0.4, 0.5) is 4.39 Å². The molecule has 1 aliphatic rings. The molecule has 1 heterocycles. The molecule has 6 heteroatoms. The number of nitrogens with zero attached hydrogens (tertiary/aromatic N) is 2. The second kappa shape index (κ2) is 7.94. The molecule has 0 bridgehead atoms. The SMILES string of the molecule is CC(=O)N1CCC(C(=O)N(C)CCOc2ccc(F)cc2)CC1. The molecule has 0 radical (unpaired) electrons. The average Bonchev–Trinajstić information content (AvgIpc) is 2.56. The van der Waals surface area contributed by atoms with Gasteiger partial charge in [-0.3, -0.25) is 9.59 Å². The summed E-state index contributed by atoms with van der Waals surface area (Å²) in [5.74, 6) is 0.415. The predicted octanol–water partition coefficient (Wildman–Crippen LogP) is 1.92. The first-order valence-corrected chi connectivity index (χ1v) is 7.86. The van der Waals surface area contributed by atoms with Crippen molar-refractivity contribution in [1.82, 2.24) is 9.80 Å². The summed E-state index contributed by atoms with van der Waals surface area (Å²) in [7, 11) is 1.76. The summed E-state index contributed by atoms with van der Waals surface area (Å²) in [6.07, 6.45) is 1.42. The number of rotatable bonds is 5. The standard InChI is InChI=1S/C17H23FN2O3/c1-13(21)20-9-7-14(8-10-20)17(22)19(2)11-12-23-16-5-3-15(18)4-6-16/h3-6,14H,7-12H2,1-2H3. The van der Waals surface area contributed by atoms with Crippen molar-refractivity contribution in [2.24, 2.45) is 5.92 Å². The van der Waals surface area contributed by atoms with Gasteiger partial charge in [-0.25, -0.2) is 4.39 Å². The van der Waals surface area contributed by atoms with Crippen LogP contribution in [-0.2, 0) is 9.59 Å². The molecule has 5 nitrogen and oxygen atoms in total. The minimum atomic E-state index is -0.304. The lowest BCUT2D eigenvalue weighted by atomic mass is 9.95. The van der Waals surface area contributed by atoms with E-state index in [-0.39, 0.29) is 23.5 Å². The molecule has 1 saturated heterocycles. The summed E-state index contributed by atoms with van der Waals surface area (Å²) in [4.78, 5) is 27.1. The number of halogens is 1. The first kappa shape index (κ1) is 17.2. The number of carbonyl (C=O) groups excluding carboxylic acids is 2. The van der Waals surface area contributed by atoms with E-state index >= 15 is 0 Å². The van der Waals surface area contributed by atoms with E-state index in [4.69, 9.17) is 4.74 Å². The van der Waals surface area contributed by atoms with Gasteiger partial charge in [-0.15, -0.1) is 0 Å². The number of benzene rings is 1. The van der Waals surface area contributed by atoms with Crippen LogP contribution < -0.4 is 4.74 Å². The number of piperidine rings is 1. The smallest absolute Gasteiger partial charge is 0.225 e. The van der Waals surface area contributed by atoms with Crippen LogP contribution in [0.2, 0.25) is 0 Å². The second-order valence-corrected chi connectivity index (χ2v) is 5.84. The number of ether oxygens (including phenoxy) is 1. The fourth-order valence-electron chi connectivity index (χ4n) is 2.69. The summed E-state index contributed by atoms with van der Waals surface area (Å²) in [5, 5.41) is 0. The van der Waals surface area contributed by atoms with Crippen LogP contribution in [0.15, 0.2) is 24.3 Å². The normalized spacial score (nSPS) is 15.3. The number of carbonyl (C=O) groups is 2. The molecule has 0 spiro atoms. The van der Waals surface area contributed by atoms with Crippen molar-refractivity contribution in [3.05, 3.63) is 30.1 Å². The third-order valence-corrected chi connectivity index (χ3v) is 4.17. The largest absolute Gasteiger partial charge is 0.492 e. The summed E-state index contributed by atoms with van der Waals surface area (Å²) in [5.41, 5.74) is 0. The molecular formula is C17H23FN2O3. The fraction of sp³-hybridized carbons (Fsp3) is 0.529. The van der Waals surface area contributed by atoms with Gasteiger partial charge in [0.25, 0.3) is 0 Å². The molecule has 126 valence electrons. The third kappa shape index (κ3) is 4.94. The van der Waals surface area contributed by atoms with Crippen molar-refractivity contribution in [1.29, 1.82) is 0 Å². The third-order valence-electron chi connectivity index (χ3n) is 4.17. The Morgan fingerprint density at radius 2 is 1.87 bits per heavy atom. The Morgan fingerprint density at radius 3 is 2.43 bits per heavy atom. The van der Waals surface area contributed by atoms with Gasteiger partial charge in [0.2, 0.25) is 11.8 Å². The van der Waals surface area contributed by atoms with Crippen LogP contribution in [0.1, 0.15) is 19.8 Å². The van der Waals surface area contributed by atoms with E-state index in [1.54, 1.807) is 35.9 Å². The number of hydrogen-bond donors (Lipinski definition) is 0. The lowest BCUT2D eigenvalue weighted by Crippen LogP contribution is -2.43. The van der Waals surface area contributed by atoms with Crippen LogP contribution in [0.25, 0.3) is 0 Å². The number of hydrogen-bond acceptors (Lipinski definition) is 3. The molecular weight excluding hydrogens is 299 g/mol. The van der Waals surface area contributed by atoms with Gasteiger partial charge in [0, 0.05) is 33.0 Å². The topological polar surface area (TPSA) is 49.9 Å². The van der Waals surface area contributed by atoms with E-state index in [1.165, 1.54) is 12.1 Å². The maximum Gasteiger partial charge on any atom is 0.225 e. The summed E-state index contributed by atoms with van der Waals surface area (Å²) >= 11 is 0. The van der Waals surface area contributed by atoms with Crippen LogP contribution in [0.5, 0.6) is 5.75 Å². The molecule has 23 heavy (non-hydrogen) atoms. The lowest BCUT2D eigenvalue weighted by molar-refractivity contribution is -0.139. The highest BCUT2D eigenvalue weighted by molar-refractivity contribution is 5.79. The highest BCUT2D eigenvalue weighted by atomic mass is 19.1. The van der Waals surface area contributed by atoms with Gasteiger partial charge < -0.3 is 14.5 Å². The van der Waals surface area contributed by atoms with Crippen LogP contribution in [0, 0.1) is 11.7 Å². The van der Waals surface area contributed by atoms with Gasteiger partial charge in [0.05, 0.1) is 6.54 Å². The van der Waals surface area contributed by atoms with Crippen LogP contribution in [0.3, 0.4) is 0 Å². The quantitative estimate of drug-likeness (QED) is 0.832. The summed E-state index contributed by atoms with van der Waals surface area (Å²) in [6, 6.07) is 5.81. The van der Waals surface area contributed by atoms with Gasteiger partial charge in [-0.1, -0.05) is 0 Å². The van der Waals surface area contributed by atoms with E-state index in [1.807, 2.05) is 0 Å². The Balaban J connectivity index is 1.73. The minimum Gasteiger partial charge on any atom is -0.492 e. The lowest BCUT2D eigenvalue weighted by Gasteiger charge is -2.32. The van der Waals surface area contributed by atoms with Crippen molar-refractivity contribution in [3.8, 4) is 5.75 Å². The second-order valence-electron chi connectivity index (χ2n) is 5.84. The van der Waals surface area contributed by atoms with Crippen molar-refractivity contribution in [2.45, 2.75) is 19.8 Å². The van der Waals surface area contributed by atoms with Gasteiger partial charge in [-0.2, -0.15) is 0 Å². The maximum atomic E-state index is 12.8. The number of likely N-dealkylation sites (tertiary alicyclic amines) is 1. The van der Waals surface area contributed by atoms with Gasteiger partial charge in [0.1, 0.15) is 18.2 Å². The zero-order valence-corrected chi connectivity index (χ0v) is 13.6. The van der Waals surface area contributed by atoms with E-state index in [0.717, 1.165) is 0 Å². The molecule has 1 fully saturated rings. The Kier molecular flexibility index (Phi) is 5.96. The zero-order chi connectivity index (χ0) is 16.8. The van der Waals surface area contributed by atoms with Crippen molar-refractivity contribution >= 4 is 11.8 Å². The predicted molar refractivity (Wildman–Crippen MR) is 84.5 cm³/mol. The molecule has 1 aliphatic heterocycles. The van der Waals surface area contributed by atoms with E-state index < -0.39 is 0 Å². The molecule has 0 atom stereocenters. The van der Waals surface area contributed by atoms with Crippen LogP contribution >= 0.6 is 0 Å². The number of likely N-dealkylation sites (N-methyl/N-ethyl adjacent to an activating group) is 1. The van der Waals surface area contributed by atoms with Crippen LogP contribution in [-0.4, -0.2) is 54.9 Å². The van der Waals surface area contributed by atoms with E-state index in [0.29, 0.717) is 44.8 Å². The Hall–Kier alpha value is -2.11. The molecule has 0 aliphatic carbocycles. The average molecular weight is 322 g/mol. The first-order chi connectivity index (χ1) is 11.0. The summed E-state index contributed by atoms with van der Waals surface area (Å²) in [6.45, 7) is 3.68. The Labute approximate surface area is 136 Å². The van der Waals surface area contributed by atoms with Crippen molar-refractivity contribution in [3.63, 3.8) is 0 Å². The molecule has 1 aromatic rings. The molecule has 2 rings (SSSR count). The molecule has 1 aromatic carbocycles. The zero-order valence-electron chi connectivity index (χ0n) is 13.6. The van der Waals surface area contributed by atoms with Crippen molar-refractivity contribution in [2.75, 3.05) is 33.3 Å². The van der Waals surface area contributed by atoms with E-state index in [2.05, 4.69) is 0 Å². The highest BCUT2D eigenvalue weighted by Crippen LogP contribution is 2.19. The molecule has 2 amide bonds. The van der Waals surface area contributed by atoms with Gasteiger partial charge in [-0.05, 0) is 37.1 Å². The maximum absolute atomic E-state index is 12.8. The Bertz CT molecular complexity index is 539. The molecule has 0 aromatic heterocycles. The van der Waals surface area contributed by atoms with E-state index in [9.17, 15) is 14.0 Å². The summed E-state index contributed by atoms with van der Waals surface area (Å²) < 4.78 is 18.3. The van der Waals surface area contributed by atoms with Gasteiger partial charge in [0.15, 0.2) is 0 Å². The monoisotopic (exact) mass is 322 g/mol.